The fourth-order valence-electron chi connectivity index (χ4n) is 2.70. The number of carboxylic acid groups (broad SMARTS) is 1. The van der Waals surface area contributed by atoms with Crippen LogP contribution in [0.15, 0.2) is 35.3 Å². The van der Waals surface area contributed by atoms with Crippen LogP contribution >= 0.6 is 0 Å². The van der Waals surface area contributed by atoms with Gasteiger partial charge in [0.2, 0.25) is 5.91 Å². The zero-order valence-electron chi connectivity index (χ0n) is 15.6. The Hall–Kier alpha value is -2.74. The van der Waals surface area contributed by atoms with Crippen molar-refractivity contribution in [3.8, 4) is 0 Å². The molecule has 146 valence electrons. The van der Waals surface area contributed by atoms with E-state index < -0.39 is 11.9 Å². The SMILES string of the molecule is CCOCCCN(CC(C)C(=O)O)C(=O)Cn1ncc2ccccc2c1=O. The summed E-state index contributed by atoms with van der Waals surface area (Å²) in [4.78, 5) is 37.9. The van der Waals surface area contributed by atoms with Gasteiger partial charge in [-0.2, -0.15) is 5.10 Å². The minimum atomic E-state index is -0.974. The molecule has 0 spiro atoms. The predicted octanol–water partition coefficient (Wildman–Crippen LogP) is 1.37. The lowest BCUT2D eigenvalue weighted by atomic mass is 10.1. The van der Waals surface area contributed by atoms with Gasteiger partial charge in [-0.05, 0) is 19.4 Å². The number of nitrogens with zero attached hydrogens (tertiary/aromatic N) is 3. The Morgan fingerprint density at radius 1 is 1.33 bits per heavy atom. The maximum Gasteiger partial charge on any atom is 0.308 e. The van der Waals surface area contributed by atoms with E-state index >= 15 is 0 Å². The van der Waals surface area contributed by atoms with Gasteiger partial charge in [0.1, 0.15) is 6.54 Å². The third-order valence-electron chi connectivity index (χ3n) is 4.24. The van der Waals surface area contributed by atoms with Gasteiger partial charge < -0.3 is 14.7 Å². The second-order valence-corrected chi connectivity index (χ2v) is 6.32. The van der Waals surface area contributed by atoms with E-state index in [2.05, 4.69) is 5.10 Å². The number of fused-ring (bicyclic) bond motifs is 1. The van der Waals surface area contributed by atoms with Gasteiger partial charge in [0, 0.05) is 31.7 Å². The molecule has 1 aromatic carbocycles. The molecular weight excluding hydrogens is 350 g/mol. The summed E-state index contributed by atoms with van der Waals surface area (Å²) < 4.78 is 6.40. The number of benzene rings is 1. The molecule has 1 heterocycles. The van der Waals surface area contributed by atoms with Crippen molar-refractivity contribution in [1.29, 1.82) is 0 Å². The molecule has 8 heteroatoms. The van der Waals surface area contributed by atoms with Crippen LogP contribution in [0.1, 0.15) is 20.3 Å². The van der Waals surface area contributed by atoms with Crippen LogP contribution in [0.25, 0.3) is 10.8 Å². The van der Waals surface area contributed by atoms with Gasteiger partial charge in [0.15, 0.2) is 0 Å². The third kappa shape index (κ3) is 5.62. The molecular formula is C19H25N3O5. The van der Waals surface area contributed by atoms with Crippen LogP contribution in [-0.4, -0.2) is 58.0 Å². The number of rotatable bonds is 10. The first kappa shape index (κ1) is 20.6. The van der Waals surface area contributed by atoms with Crippen LogP contribution in [-0.2, 0) is 20.9 Å². The smallest absolute Gasteiger partial charge is 0.308 e. The highest BCUT2D eigenvalue weighted by atomic mass is 16.5. The molecule has 27 heavy (non-hydrogen) atoms. The molecule has 1 unspecified atom stereocenters. The van der Waals surface area contributed by atoms with E-state index in [0.29, 0.717) is 37.0 Å². The lowest BCUT2D eigenvalue weighted by molar-refractivity contribution is -0.143. The summed E-state index contributed by atoms with van der Waals surface area (Å²) in [7, 11) is 0. The first-order valence-corrected chi connectivity index (χ1v) is 8.97. The molecule has 1 aromatic heterocycles. The molecule has 0 aliphatic carbocycles. The highest BCUT2D eigenvalue weighted by Gasteiger charge is 2.21. The van der Waals surface area contributed by atoms with Crippen LogP contribution in [0, 0.1) is 5.92 Å². The third-order valence-corrected chi connectivity index (χ3v) is 4.24. The summed E-state index contributed by atoms with van der Waals surface area (Å²) in [5.41, 5.74) is -0.345. The molecule has 2 aromatic rings. The summed E-state index contributed by atoms with van der Waals surface area (Å²) in [5, 5.41) is 14.4. The number of hydrogen-bond donors (Lipinski definition) is 1. The average molecular weight is 375 g/mol. The number of aromatic nitrogens is 2. The summed E-state index contributed by atoms with van der Waals surface area (Å²) in [6.07, 6.45) is 2.13. The van der Waals surface area contributed by atoms with Crippen molar-refractivity contribution >= 4 is 22.6 Å². The quantitative estimate of drug-likeness (QED) is 0.630. The topological polar surface area (TPSA) is 102 Å². The average Bonchev–Trinajstić information content (AvgIpc) is 2.66. The Bertz CT molecular complexity index is 849. The molecule has 0 saturated carbocycles. The second kappa shape index (κ2) is 9.82. The molecule has 0 radical (unpaired) electrons. The summed E-state index contributed by atoms with van der Waals surface area (Å²) in [6, 6.07) is 7.04. The minimum absolute atomic E-state index is 0.0720. The molecule has 2 rings (SSSR count). The van der Waals surface area contributed by atoms with E-state index in [9.17, 15) is 14.4 Å². The number of aliphatic carboxylic acids is 1. The van der Waals surface area contributed by atoms with Crippen LogP contribution in [0.3, 0.4) is 0 Å². The standard InChI is InChI=1S/C19H25N3O5/c1-3-27-10-6-9-21(12-14(2)19(25)26)17(23)13-22-18(24)16-8-5-4-7-15(16)11-20-22/h4-5,7-8,11,14H,3,6,9-10,12-13H2,1-2H3,(H,25,26). The number of hydrogen-bond acceptors (Lipinski definition) is 5. The number of ether oxygens (including phenoxy) is 1. The zero-order valence-corrected chi connectivity index (χ0v) is 15.6. The summed E-state index contributed by atoms with van der Waals surface area (Å²) in [6.45, 7) is 4.69. The van der Waals surface area contributed by atoms with E-state index in [1.54, 1.807) is 31.3 Å². The Morgan fingerprint density at radius 2 is 2.07 bits per heavy atom. The Labute approximate surface area is 157 Å². The van der Waals surface area contributed by atoms with Crippen LogP contribution in [0.2, 0.25) is 0 Å². The van der Waals surface area contributed by atoms with Gasteiger partial charge in [-0.3, -0.25) is 14.4 Å². The van der Waals surface area contributed by atoms with E-state index in [0.717, 1.165) is 4.68 Å². The maximum absolute atomic E-state index is 12.7. The fraction of sp³-hybridized carbons (Fsp3) is 0.474. The largest absolute Gasteiger partial charge is 0.481 e. The highest BCUT2D eigenvalue weighted by molar-refractivity contribution is 5.81. The lowest BCUT2D eigenvalue weighted by Crippen LogP contribution is -2.41. The van der Waals surface area contributed by atoms with Gasteiger partial charge in [0.05, 0.1) is 17.5 Å². The number of carbonyl (C=O) groups excluding carboxylic acids is 1. The van der Waals surface area contributed by atoms with Gasteiger partial charge in [0.25, 0.3) is 5.56 Å². The van der Waals surface area contributed by atoms with E-state index in [1.807, 2.05) is 13.0 Å². The molecule has 0 fully saturated rings. The second-order valence-electron chi connectivity index (χ2n) is 6.32. The summed E-state index contributed by atoms with van der Waals surface area (Å²) in [5.74, 6) is -2.02. The van der Waals surface area contributed by atoms with Crippen molar-refractivity contribution in [3.05, 3.63) is 40.8 Å². The van der Waals surface area contributed by atoms with E-state index in [-0.39, 0.29) is 24.6 Å². The van der Waals surface area contributed by atoms with Crippen molar-refractivity contribution in [1.82, 2.24) is 14.7 Å². The van der Waals surface area contributed by atoms with Gasteiger partial charge in [-0.1, -0.05) is 25.1 Å². The molecule has 1 amide bonds. The van der Waals surface area contributed by atoms with Crippen molar-refractivity contribution in [3.63, 3.8) is 0 Å². The first-order chi connectivity index (χ1) is 12.9. The summed E-state index contributed by atoms with van der Waals surface area (Å²) >= 11 is 0. The number of carboxylic acids is 1. The van der Waals surface area contributed by atoms with Gasteiger partial charge in [-0.15, -0.1) is 0 Å². The van der Waals surface area contributed by atoms with Crippen molar-refractivity contribution in [2.45, 2.75) is 26.8 Å². The molecule has 0 aliphatic rings. The highest BCUT2D eigenvalue weighted by Crippen LogP contribution is 2.07. The normalized spacial score (nSPS) is 12.1. The monoisotopic (exact) mass is 375 g/mol. The molecule has 0 saturated heterocycles. The van der Waals surface area contributed by atoms with Crippen molar-refractivity contribution in [2.24, 2.45) is 5.92 Å². The number of amides is 1. The molecule has 0 bridgehead atoms. The fourth-order valence-corrected chi connectivity index (χ4v) is 2.70. The van der Waals surface area contributed by atoms with Gasteiger partial charge >= 0.3 is 5.97 Å². The maximum atomic E-state index is 12.7. The van der Waals surface area contributed by atoms with Gasteiger partial charge in [-0.25, -0.2) is 4.68 Å². The predicted molar refractivity (Wildman–Crippen MR) is 100 cm³/mol. The Kier molecular flexibility index (Phi) is 7.48. The van der Waals surface area contributed by atoms with Crippen LogP contribution < -0.4 is 5.56 Å². The van der Waals surface area contributed by atoms with Crippen molar-refractivity contribution in [2.75, 3.05) is 26.3 Å². The lowest BCUT2D eigenvalue weighted by Gasteiger charge is -2.24. The van der Waals surface area contributed by atoms with E-state index in [1.165, 1.54) is 4.90 Å². The number of carbonyl (C=O) groups is 2. The van der Waals surface area contributed by atoms with E-state index in [4.69, 9.17) is 9.84 Å². The first-order valence-electron chi connectivity index (χ1n) is 8.97. The molecule has 0 aliphatic heterocycles. The molecule has 1 atom stereocenters. The Morgan fingerprint density at radius 3 is 2.78 bits per heavy atom. The minimum Gasteiger partial charge on any atom is -0.481 e. The molecule has 8 nitrogen and oxygen atoms in total. The van der Waals surface area contributed by atoms with Crippen LogP contribution in [0.4, 0.5) is 0 Å². The van der Waals surface area contributed by atoms with Crippen LogP contribution in [0.5, 0.6) is 0 Å². The Balaban J connectivity index is 2.15. The zero-order chi connectivity index (χ0) is 19.8. The molecule has 1 N–H and O–H groups in total. The van der Waals surface area contributed by atoms with Crippen molar-refractivity contribution < 1.29 is 19.4 Å².